The number of fused-ring (bicyclic) bond motifs is 1. The van der Waals surface area contributed by atoms with Gasteiger partial charge in [0, 0.05) is 35.3 Å². The Hall–Kier alpha value is -1.08. The fourth-order valence-electron chi connectivity index (χ4n) is 4.82. The highest BCUT2D eigenvalue weighted by atomic mass is 32.2. The van der Waals surface area contributed by atoms with E-state index in [9.17, 15) is 9.90 Å². The molecule has 4 N–H and O–H groups in total. The first-order valence-corrected chi connectivity index (χ1v) is 12.4. The first kappa shape index (κ1) is 23.6. The van der Waals surface area contributed by atoms with Crippen LogP contribution in [0.2, 0.25) is 0 Å². The molecule has 0 unspecified atom stereocenters. The molecule has 1 heterocycles. The minimum absolute atomic E-state index is 0.0888. The normalized spacial score (nSPS) is 27.2. The molecule has 2 aliphatic rings. The lowest BCUT2D eigenvalue weighted by atomic mass is 9.72. The first-order valence-electron chi connectivity index (χ1n) is 11.4. The zero-order valence-electron chi connectivity index (χ0n) is 18.7. The zero-order valence-corrected chi connectivity index (χ0v) is 19.5. The second-order valence-corrected chi connectivity index (χ2v) is 11.2. The van der Waals surface area contributed by atoms with Crippen molar-refractivity contribution in [2.24, 2.45) is 17.6 Å². The van der Waals surface area contributed by atoms with Gasteiger partial charge in [-0.15, -0.1) is 11.8 Å². The first-order chi connectivity index (χ1) is 14.2. The molecule has 168 valence electrons. The number of piperidine rings is 1. The largest absolute Gasteiger partial charge is 0.390 e. The van der Waals surface area contributed by atoms with Gasteiger partial charge in [0.05, 0.1) is 12.1 Å². The second kappa shape index (κ2) is 10.5. The molecule has 6 heteroatoms. The number of nitrogens with one attached hydrogen (secondary N) is 1. The molecule has 0 radical (unpaired) electrons. The predicted octanol–water partition coefficient (Wildman–Crippen LogP) is 3.26. The van der Waals surface area contributed by atoms with Gasteiger partial charge in [0.15, 0.2) is 0 Å². The Kier molecular flexibility index (Phi) is 8.24. The van der Waals surface area contributed by atoms with Crippen molar-refractivity contribution in [2.75, 3.05) is 18.8 Å². The Labute approximate surface area is 186 Å². The number of carbonyl (C=O) groups is 1. The number of aliphatic hydroxyl groups excluding tert-OH is 1. The monoisotopic (exact) mass is 433 g/mol. The van der Waals surface area contributed by atoms with E-state index in [-0.39, 0.29) is 23.5 Å². The average molecular weight is 434 g/mol. The number of likely N-dealkylation sites (tertiary alicyclic amines) is 1. The quantitative estimate of drug-likeness (QED) is 0.575. The van der Waals surface area contributed by atoms with Crippen molar-refractivity contribution in [1.82, 2.24) is 10.2 Å². The highest BCUT2D eigenvalue weighted by Gasteiger charge is 2.41. The van der Waals surface area contributed by atoms with Gasteiger partial charge in [0.2, 0.25) is 5.91 Å². The summed E-state index contributed by atoms with van der Waals surface area (Å²) in [7, 11) is 0. The van der Waals surface area contributed by atoms with Crippen molar-refractivity contribution in [2.45, 2.75) is 81.5 Å². The van der Waals surface area contributed by atoms with Gasteiger partial charge in [0.1, 0.15) is 0 Å². The molecular formula is C24H39N3O2S. The standard InChI is InChI=1S/C24H39N3O2S/c1-24(2,3)26-23(29)21-13-17-9-7-8-10-18(17)14-27(21)15-22(28)20(25)16-30-19-11-5-4-6-12-19/h4-6,11-12,17-18,20-22,28H,7-10,13-16,25H2,1-3H3,(H,26,29)/t17-,18-,20-,21+,22-/m1/s1. The number of aliphatic hydroxyl groups is 1. The Morgan fingerprint density at radius 3 is 2.57 bits per heavy atom. The minimum Gasteiger partial charge on any atom is -0.390 e. The third kappa shape index (κ3) is 6.71. The second-order valence-electron chi connectivity index (χ2n) is 10.1. The van der Waals surface area contributed by atoms with Gasteiger partial charge in [-0.1, -0.05) is 37.5 Å². The number of thioether (sulfide) groups is 1. The summed E-state index contributed by atoms with van der Waals surface area (Å²) < 4.78 is 0. The van der Waals surface area contributed by atoms with E-state index in [1.54, 1.807) is 11.8 Å². The Morgan fingerprint density at radius 2 is 1.90 bits per heavy atom. The molecule has 3 rings (SSSR count). The molecule has 1 aromatic carbocycles. The third-order valence-corrected chi connectivity index (χ3v) is 7.56. The third-order valence-electron chi connectivity index (χ3n) is 6.40. The van der Waals surface area contributed by atoms with E-state index in [0.717, 1.165) is 17.9 Å². The van der Waals surface area contributed by atoms with E-state index < -0.39 is 6.10 Å². The lowest BCUT2D eigenvalue weighted by Crippen LogP contribution is -2.59. The number of amides is 1. The zero-order chi connectivity index (χ0) is 21.7. The van der Waals surface area contributed by atoms with Crippen LogP contribution in [0.15, 0.2) is 35.2 Å². The summed E-state index contributed by atoms with van der Waals surface area (Å²) in [5, 5.41) is 14.0. The van der Waals surface area contributed by atoms with Crippen LogP contribution in [0.4, 0.5) is 0 Å². The van der Waals surface area contributed by atoms with E-state index in [2.05, 4.69) is 22.3 Å². The molecule has 1 amide bonds. The van der Waals surface area contributed by atoms with Crippen molar-refractivity contribution in [3.8, 4) is 0 Å². The summed E-state index contributed by atoms with van der Waals surface area (Å²) in [4.78, 5) is 16.5. The molecule has 30 heavy (non-hydrogen) atoms. The minimum atomic E-state index is -0.647. The van der Waals surface area contributed by atoms with Crippen LogP contribution in [0.3, 0.4) is 0 Å². The number of hydrogen-bond acceptors (Lipinski definition) is 5. The summed E-state index contributed by atoms with van der Waals surface area (Å²) in [6, 6.07) is 9.64. The van der Waals surface area contributed by atoms with Gasteiger partial charge in [-0.3, -0.25) is 9.69 Å². The van der Waals surface area contributed by atoms with Crippen LogP contribution in [0, 0.1) is 11.8 Å². The maximum atomic E-state index is 13.1. The highest BCUT2D eigenvalue weighted by molar-refractivity contribution is 7.99. The average Bonchev–Trinajstić information content (AvgIpc) is 2.71. The number of benzene rings is 1. The van der Waals surface area contributed by atoms with Crippen molar-refractivity contribution in [3.05, 3.63) is 30.3 Å². The summed E-state index contributed by atoms with van der Waals surface area (Å²) in [5.41, 5.74) is 6.08. The van der Waals surface area contributed by atoms with E-state index in [4.69, 9.17) is 5.73 Å². The summed E-state index contributed by atoms with van der Waals surface area (Å²) in [6.07, 6.45) is 5.27. The maximum absolute atomic E-state index is 13.1. The molecular weight excluding hydrogens is 394 g/mol. The molecule has 1 aromatic rings. The highest BCUT2D eigenvalue weighted by Crippen LogP contribution is 2.38. The van der Waals surface area contributed by atoms with Crippen LogP contribution in [0.25, 0.3) is 0 Å². The molecule has 1 aliphatic heterocycles. The number of carbonyl (C=O) groups excluding carboxylic acids is 1. The van der Waals surface area contributed by atoms with Gasteiger partial charge in [0.25, 0.3) is 0 Å². The number of nitrogens with two attached hydrogens (primary N) is 1. The fraction of sp³-hybridized carbons (Fsp3) is 0.708. The summed E-state index contributed by atoms with van der Waals surface area (Å²) in [6.45, 7) is 7.41. The van der Waals surface area contributed by atoms with Crippen molar-refractivity contribution in [3.63, 3.8) is 0 Å². The number of hydrogen-bond donors (Lipinski definition) is 3. The van der Waals surface area contributed by atoms with Crippen LogP contribution >= 0.6 is 11.8 Å². The summed E-state index contributed by atoms with van der Waals surface area (Å²) in [5.74, 6) is 2.01. The lowest BCUT2D eigenvalue weighted by Gasteiger charge is -2.46. The van der Waals surface area contributed by atoms with Gasteiger partial charge in [-0.05, 0) is 57.6 Å². The molecule has 1 saturated heterocycles. The van der Waals surface area contributed by atoms with E-state index in [1.807, 2.05) is 39.0 Å². The Balaban J connectivity index is 1.62. The van der Waals surface area contributed by atoms with Crippen molar-refractivity contribution in [1.29, 1.82) is 0 Å². The van der Waals surface area contributed by atoms with E-state index >= 15 is 0 Å². The number of β-amino-alcohol motifs (C(OH)–C–C–N with tert-alkyl or cyclic N) is 1. The topological polar surface area (TPSA) is 78.6 Å². The number of rotatable bonds is 7. The van der Waals surface area contributed by atoms with E-state index in [0.29, 0.717) is 24.1 Å². The van der Waals surface area contributed by atoms with Gasteiger partial charge >= 0.3 is 0 Å². The van der Waals surface area contributed by atoms with Crippen LogP contribution < -0.4 is 11.1 Å². The smallest absolute Gasteiger partial charge is 0.237 e. The molecule has 0 aromatic heterocycles. The Morgan fingerprint density at radius 1 is 1.23 bits per heavy atom. The molecule has 1 saturated carbocycles. The van der Waals surface area contributed by atoms with Gasteiger partial charge in [-0.25, -0.2) is 0 Å². The maximum Gasteiger partial charge on any atom is 0.237 e. The predicted molar refractivity (Wildman–Crippen MR) is 124 cm³/mol. The molecule has 2 fully saturated rings. The van der Waals surface area contributed by atoms with Crippen LogP contribution in [0.1, 0.15) is 52.9 Å². The van der Waals surface area contributed by atoms with Crippen LogP contribution in [-0.4, -0.2) is 58.5 Å². The van der Waals surface area contributed by atoms with Crippen molar-refractivity contribution >= 4 is 17.7 Å². The molecule has 5 nitrogen and oxygen atoms in total. The van der Waals surface area contributed by atoms with Gasteiger partial charge in [-0.2, -0.15) is 0 Å². The van der Waals surface area contributed by atoms with Crippen LogP contribution in [0.5, 0.6) is 0 Å². The van der Waals surface area contributed by atoms with Crippen LogP contribution in [-0.2, 0) is 4.79 Å². The number of nitrogens with zero attached hydrogens (tertiary/aromatic N) is 1. The summed E-state index contributed by atoms with van der Waals surface area (Å²) >= 11 is 1.67. The Bertz CT molecular complexity index is 679. The molecule has 1 aliphatic carbocycles. The lowest BCUT2D eigenvalue weighted by molar-refractivity contribution is -0.132. The van der Waals surface area contributed by atoms with E-state index in [1.165, 1.54) is 25.7 Å². The molecule has 5 atom stereocenters. The van der Waals surface area contributed by atoms with Gasteiger partial charge < -0.3 is 16.2 Å². The fourth-order valence-corrected chi connectivity index (χ4v) is 5.78. The SMILES string of the molecule is CC(C)(C)NC(=O)[C@@H]1C[C@H]2CCCC[C@@H]2CN1C[C@@H](O)[C@H](N)CSc1ccccc1. The molecule has 0 spiro atoms. The van der Waals surface area contributed by atoms with Crippen molar-refractivity contribution < 1.29 is 9.90 Å². The molecule has 0 bridgehead atoms.